The maximum atomic E-state index is 11.3. The topological polar surface area (TPSA) is 54.5 Å². The van der Waals surface area contributed by atoms with E-state index in [-0.39, 0.29) is 5.97 Å². The summed E-state index contributed by atoms with van der Waals surface area (Å²) in [6.07, 6.45) is 0. The molecule has 0 aliphatic carbocycles. The van der Waals surface area contributed by atoms with Crippen molar-refractivity contribution in [2.24, 2.45) is 0 Å². The number of anilines is 1. The Kier molecular flexibility index (Phi) is 3.62. The lowest BCUT2D eigenvalue weighted by atomic mass is 10.2. The molecule has 1 aromatic rings. The lowest BCUT2D eigenvalue weighted by molar-refractivity contribution is 0.0599. The first-order chi connectivity index (χ1) is 7.04. The molecule has 0 fully saturated rings. The highest BCUT2D eigenvalue weighted by molar-refractivity contribution is 5.90. The molecule has 1 rings (SSSR count). The van der Waals surface area contributed by atoms with E-state index in [1.54, 1.807) is 24.1 Å². The molecule has 0 aliphatic heterocycles. The van der Waals surface area contributed by atoms with E-state index >= 15 is 0 Å². The third-order valence-corrected chi connectivity index (χ3v) is 1.83. The van der Waals surface area contributed by atoms with Crippen LogP contribution in [0, 0.1) is 6.92 Å². The first-order valence-electron chi connectivity index (χ1n) is 4.54. The van der Waals surface area contributed by atoms with Crippen LogP contribution in [0.2, 0.25) is 0 Å². The number of esters is 1. The van der Waals surface area contributed by atoms with E-state index in [4.69, 9.17) is 0 Å². The van der Waals surface area contributed by atoms with Gasteiger partial charge in [0.25, 0.3) is 0 Å². The molecule has 0 unspecified atom stereocenters. The zero-order chi connectivity index (χ0) is 11.4. The smallest absolute Gasteiger partial charge is 0.339 e. The van der Waals surface area contributed by atoms with Crippen LogP contribution in [0.5, 0.6) is 0 Å². The number of carbonyl (C=O) groups excluding carboxylic acids is 1. The maximum Gasteiger partial charge on any atom is 0.339 e. The minimum atomic E-state index is -0.364. The summed E-state index contributed by atoms with van der Waals surface area (Å²) in [5.41, 5.74) is 4.13. The third-order valence-electron chi connectivity index (χ3n) is 1.83. The number of methoxy groups -OCH3 is 1. The van der Waals surface area contributed by atoms with Crippen molar-refractivity contribution in [2.45, 2.75) is 6.92 Å². The fourth-order valence-electron chi connectivity index (χ4n) is 1.18. The van der Waals surface area contributed by atoms with Crippen molar-refractivity contribution in [1.29, 1.82) is 0 Å². The molecule has 5 nitrogen and oxygen atoms in total. The molecule has 82 valence electrons. The number of ether oxygens (including phenoxy) is 1. The van der Waals surface area contributed by atoms with Crippen LogP contribution in [-0.2, 0) is 4.74 Å². The van der Waals surface area contributed by atoms with Crippen LogP contribution >= 0.6 is 0 Å². The second-order valence-electron chi connectivity index (χ2n) is 3.33. The van der Waals surface area contributed by atoms with Crippen molar-refractivity contribution < 1.29 is 9.53 Å². The first kappa shape index (κ1) is 11.5. The van der Waals surface area contributed by atoms with Gasteiger partial charge in [-0.3, -0.25) is 0 Å². The highest BCUT2D eigenvalue weighted by Crippen LogP contribution is 2.11. The zero-order valence-electron chi connectivity index (χ0n) is 9.37. The van der Waals surface area contributed by atoms with Gasteiger partial charge in [-0.15, -0.1) is 0 Å². The van der Waals surface area contributed by atoms with Gasteiger partial charge in [0.15, 0.2) is 0 Å². The molecule has 0 aliphatic rings. The Morgan fingerprint density at radius 1 is 1.47 bits per heavy atom. The number of hydrazine groups is 1. The predicted molar refractivity (Wildman–Crippen MR) is 57.6 cm³/mol. The lowest BCUT2D eigenvalue weighted by Crippen LogP contribution is -2.20. The number of hydrogen-bond donors (Lipinski definition) is 1. The molecule has 0 saturated heterocycles. The number of nitrogens with one attached hydrogen (secondary N) is 1. The first-order valence-corrected chi connectivity index (χ1v) is 4.54. The minimum Gasteiger partial charge on any atom is -0.465 e. The van der Waals surface area contributed by atoms with Gasteiger partial charge in [0.05, 0.1) is 18.4 Å². The molecule has 0 amide bonds. The van der Waals surface area contributed by atoms with Crippen LogP contribution in [0.3, 0.4) is 0 Å². The van der Waals surface area contributed by atoms with Crippen LogP contribution in [0.4, 0.5) is 5.82 Å². The largest absolute Gasteiger partial charge is 0.465 e. The zero-order valence-corrected chi connectivity index (χ0v) is 9.37. The summed E-state index contributed by atoms with van der Waals surface area (Å²) in [5.74, 6) is 0.335. The Hall–Kier alpha value is -1.62. The third kappa shape index (κ3) is 2.92. The quantitative estimate of drug-likeness (QED) is 0.596. The number of aryl methyl sites for hydroxylation is 1. The summed E-state index contributed by atoms with van der Waals surface area (Å²) in [6, 6.07) is 3.43. The average molecular weight is 209 g/mol. The SMILES string of the molecule is COC(=O)c1ccc(NN(C)C)nc1C. The molecule has 1 heterocycles. The Bertz CT molecular complexity index is 364. The van der Waals surface area contributed by atoms with E-state index in [2.05, 4.69) is 15.1 Å². The van der Waals surface area contributed by atoms with E-state index in [0.717, 1.165) is 0 Å². The molecule has 0 spiro atoms. The van der Waals surface area contributed by atoms with Crippen LogP contribution < -0.4 is 5.43 Å². The Morgan fingerprint density at radius 2 is 2.13 bits per heavy atom. The number of nitrogens with zero attached hydrogens (tertiary/aromatic N) is 2. The molecule has 5 heteroatoms. The summed E-state index contributed by atoms with van der Waals surface area (Å²) in [5, 5.41) is 1.78. The van der Waals surface area contributed by atoms with Crippen molar-refractivity contribution in [1.82, 2.24) is 9.99 Å². The van der Waals surface area contributed by atoms with E-state index in [1.807, 2.05) is 14.1 Å². The summed E-state index contributed by atoms with van der Waals surface area (Å²) >= 11 is 0. The van der Waals surface area contributed by atoms with E-state index in [0.29, 0.717) is 17.1 Å². The molecule has 1 aromatic heterocycles. The highest BCUT2D eigenvalue weighted by Gasteiger charge is 2.10. The summed E-state index contributed by atoms with van der Waals surface area (Å²) < 4.78 is 4.63. The van der Waals surface area contributed by atoms with Gasteiger partial charge in [-0.2, -0.15) is 0 Å². The van der Waals surface area contributed by atoms with Gasteiger partial charge >= 0.3 is 5.97 Å². The second-order valence-corrected chi connectivity index (χ2v) is 3.33. The standard InChI is InChI=1S/C10H15N3O2/c1-7-8(10(14)15-4)5-6-9(11-7)12-13(2)3/h5-6H,1-4H3,(H,11,12). The fraction of sp³-hybridized carbons (Fsp3) is 0.400. The predicted octanol–water partition coefficient (Wildman–Crippen LogP) is 1.07. The number of pyridine rings is 1. The Labute approximate surface area is 89.0 Å². The van der Waals surface area contributed by atoms with Crippen molar-refractivity contribution in [3.63, 3.8) is 0 Å². The van der Waals surface area contributed by atoms with Crippen molar-refractivity contribution in [3.05, 3.63) is 23.4 Å². The van der Waals surface area contributed by atoms with Crippen LogP contribution in [0.15, 0.2) is 12.1 Å². The molecule has 0 saturated carbocycles. The monoisotopic (exact) mass is 209 g/mol. The van der Waals surface area contributed by atoms with E-state index in [1.165, 1.54) is 7.11 Å². The fourth-order valence-corrected chi connectivity index (χ4v) is 1.18. The van der Waals surface area contributed by atoms with Gasteiger partial charge in [-0.05, 0) is 19.1 Å². The van der Waals surface area contributed by atoms with Crippen LogP contribution in [-0.4, -0.2) is 37.2 Å². The van der Waals surface area contributed by atoms with Crippen molar-refractivity contribution in [2.75, 3.05) is 26.6 Å². The molecule has 1 N–H and O–H groups in total. The van der Waals surface area contributed by atoms with Crippen molar-refractivity contribution in [3.8, 4) is 0 Å². The summed E-state index contributed by atoms with van der Waals surface area (Å²) in [4.78, 5) is 15.5. The van der Waals surface area contributed by atoms with Gasteiger partial charge in [0, 0.05) is 14.1 Å². The molecular formula is C10H15N3O2. The molecule has 0 aromatic carbocycles. The van der Waals surface area contributed by atoms with E-state index in [9.17, 15) is 4.79 Å². The number of aromatic nitrogens is 1. The van der Waals surface area contributed by atoms with E-state index < -0.39 is 0 Å². The van der Waals surface area contributed by atoms with Gasteiger partial charge in [-0.25, -0.2) is 14.8 Å². The minimum absolute atomic E-state index is 0.364. The van der Waals surface area contributed by atoms with Gasteiger partial charge in [0.1, 0.15) is 5.82 Å². The number of rotatable bonds is 3. The lowest BCUT2D eigenvalue weighted by Gasteiger charge is -2.13. The average Bonchev–Trinajstić information content (AvgIpc) is 2.16. The Morgan fingerprint density at radius 3 is 2.60 bits per heavy atom. The molecule has 0 bridgehead atoms. The summed E-state index contributed by atoms with van der Waals surface area (Å²) in [7, 11) is 5.09. The molecule has 0 radical (unpaired) electrons. The summed E-state index contributed by atoms with van der Waals surface area (Å²) in [6.45, 7) is 1.77. The number of carbonyl (C=O) groups is 1. The second kappa shape index (κ2) is 4.75. The maximum absolute atomic E-state index is 11.3. The van der Waals surface area contributed by atoms with Gasteiger partial charge in [-0.1, -0.05) is 0 Å². The number of hydrogen-bond acceptors (Lipinski definition) is 5. The van der Waals surface area contributed by atoms with Crippen LogP contribution in [0.1, 0.15) is 16.1 Å². The Balaban J connectivity index is 2.93. The highest BCUT2D eigenvalue weighted by atomic mass is 16.5. The molecule has 15 heavy (non-hydrogen) atoms. The van der Waals surface area contributed by atoms with Crippen LogP contribution in [0.25, 0.3) is 0 Å². The normalized spacial score (nSPS) is 10.2. The van der Waals surface area contributed by atoms with Crippen molar-refractivity contribution >= 4 is 11.8 Å². The molecular weight excluding hydrogens is 194 g/mol. The molecule has 0 atom stereocenters. The van der Waals surface area contributed by atoms with Gasteiger partial charge < -0.3 is 10.2 Å². The van der Waals surface area contributed by atoms with Gasteiger partial charge in [0.2, 0.25) is 0 Å².